The zero-order chi connectivity index (χ0) is 18.8. The van der Waals surface area contributed by atoms with Crippen LogP contribution in [0.4, 0.5) is 17.6 Å². The molecule has 2 aromatic carbocycles. The van der Waals surface area contributed by atoms with Crippen LogP contribution in [-0.4, -0.2) is 17.3 Å². The third-order valence-corrected chi connectivity index (χ3v) is 4.62. The normalized spacial score (nSPS) is 12.9. The van der Waals surface area contributed by atoms with Crippen molar-refractivity contribution in [2.24, 2.45) is 0 Å². The van der Waals surface area contributed by atoms with Gasteiger partial charge in [-0.15, -0.1) is 0 Å². The summed E-state index contributed by atoms with van der Waals surface area (Å²) in [7, 11) is 0. The fourth-order valence-electron chi connectivity index (χ4n) is 2.60. The summed E-state index contributed by atoms with van der Waals surface area (Å²) < 4.78 is 53.9. The third-order valence-electron chi connectivity index (χ3n) is 3.97. The van der Waals surface area contributed by atoms with Crippen LogP contribution in [0.25, 0.3) is 0 Å². The van der Waals surface area contributed by atoms with Crippen molar-refractivity contribution in [3.05, 3.63) is 68.9 Å². The molecule has 0 spiro atoms. The molecule has 0 radical (unpaired) electrons. The summed E-state index contributed by atoms with van der Waals surface area (Å²) >= 11 is 3.11. The summed E-state index contributed by atoms with van der Waals surface area (Å²) in [5, 5.41) is 8.97. The number of aryl methyl sites for hydroxylation is 2. The van der Waals surface area contributed by atoms with Crippen LogP contribution in [0, 0.1) is 12.7 Å². The van der Waals surface area contributed by atoms with Crippen molar-refractivity contribution in [1.82, 2.24) is 0 Å². The molecular formula is C18H15BrF4O2. The monoisotopic (exact) mass is 418 g/mol. The van der Waals surface area contributed by atoms with Crippen LogP contribution < -0.4 is 0 Å². The first kappa shape index (κ1) is 19.4. The highest BCUT2D eigenvalue weighted by Gasteiger charge is 2.40. The molecule has 0 saturated heterocycles. The topological polar surface area (TPSA) is 37.3 Å². The van der Waals surface area contributed by atoms with Crippen LogP contribution in [-0.2, 0) is 6.42 Å². The van der Waals surface area contributed by atoms with Gasteiger partial charge in [-0.1, -0.05) is 18.2 Å². The van der Waals surface area contributed by atoms with E-state index in [9.17, 15) is 22.4 Å². The maximum Gasteiger partial charge on any atom is 0.395 e. The molecule has 1 atom stereocenters. The molecule has 0 bridgehead atoms. The number of carboxylic acids is 1. The molecule has 0 aliphatic carbocycles. The van der Waals surface area contributed by atoms with Crippen LogP contribution in [0.3, 0.4) is 0 Å². The molecular weight excluding hydrogens is 404 g/mol. The molecule has 0 amide bonds. The van der Waals surface area contributed by atoms with Gasteiger partial charge < -0.3 is 5.11 Å². The lowest BCUT2D eigenvalue weighted by Crippen LogP contribution is -2.21. The van der Waals surface area contributed by atoms with Gasteiger partial charge in [-0.2, -0.15) is 13.2 Å². The van der Waals surface area contributed by atoms with Crippen molar-refractivity contribution < 1.29 is 27.5 Å². The third kappa shape index (κ3) is 4.81. The van der Waals surface area contributed by atoms with E-state index in [0.29, 0.717) is 10.0 Å². The number of carboxylic acid groups (broad SMARTS) is 1. The number of hydrogen-bond donors (Lipinski definition) is 1. The van der Waals surface area contributed by atoms with Crippen LogP contribution in [0.15, 0.2) is 40.9 Å². The number of aromatic carboxylic acids is 1. The zero-order valence-electron chi connectivity index (χ0n) is 13.2. The van der Waals surface area contributed by atoms with Crippen LogP contribution >= 0.6 is 15.9 Å². The van der Waals surface area contributed by atoms with Crippen molar-refractivity contribution >= 4 is 21.9 Å². The lowest BCUT2D eigenvalue weighted by atomic mass is 9.90. The molecule has 134 valence electrons. The average Bonchev–Trinajstić information content (AvgIpc) is 2.49. The zero-order valence-corrected chi connectivity index (χ0v) is 14.8. The van der Waals surface area contributed by atoms with Crippen LogP contribution in [0.2, 0.25) is 0 Å². The molecule has 2 nitrogen and oxygen atoms in total. The number of benzene rings is 2. The van der Waals surface area contributed by atoms with Gasteiger partial charge in [-0.3, -0.25) is 0 Å². The predicted octanol–water partition coefficient (Wildman–Crippen LogP) is 5.87. The van der Waals surface area contributed by atoms with Gasteiger partial charge >= 0.3 is 12.1 Å². The molecule has 1 unspecified atom stereocenters. The first-order chi connectivity index (χ1) is 11.6. The van der Waals surface area contributed by atoms with E-state index in [-0.39, 0.29) is 29.5 Å². The van der Waals surface area contributed by atoms with Crippen molar-refractivity contribution in [3.8, 4) is 0 Å². The first-order valence-corrected chi connectivity index (χ1v) is 8.23. The highest BCUT2D eigenvalue weighted by atomic mass is 79.9. The van der Waals surface area contributed by atoms with Gasteiger partial charge in [0.25, 0.3) is 0 Å². The van der Waals surface area contributed by atoms with Crippen molar-refractivity contribution in [3.63, 3.8) is 0 Å². The molecule has 0 aliphatic heterocycles. The molecule has 7 heteroatoms. The van der Waals surface area contributed by atoms with Gasteiger partial charge in [0.05, 0.1) is 11.5 Å². The second-order valence-electron chi connectivity index (χ2n) is 5.76. The molecule has 0 saturated carbocycles. The molecule has 2 rings (SSSR count). The summed E-state index contributed by atoms with van der Waals surface area (Å²) in [4.78, 5) is 11.0. The van der Waals surface area contributed by atoms with E-state index in [4.69, 9.17) is 5.11 Å². The second kappa shape index (κ2) is 7.56. The van der Waals surface area contributed by atoms with Crippen LogP contribution in [0.5, 0.6) is 0 Å². The van der Waals surface area contributed by atoms with Gasteiger partial charge in [-0.05, 0) is 70.6 Å². The lowest BCUT2D eigenvalue weighted by molar-refractivity contribution is -0.151. The molecule has 0 fully saturated rings. The number of carbonyl (C=O) groups is 1. The molecule has 2 aromatic rings. The summed E-state index contributed by atoms with van der Waals surface area (Å²) in [6.45, 7) is 1.42. The minimum atomic E-state index is -4.46. The number of rotatable bonds is 5. The van der Waals surface area contributed by atoms with E-state index in [2.05, 4.69) is 15.9 Å². The largest absolute Gasteiger partial charge is 0.478 e. The molecule has 25 heavy (non-hydrogen) atoms. The standard InChI is InChI=1S/C18H15BrF4O2/c1-10-8-12(4-7-16(10)20)14(18(21,22)23)6-3-11-2-5-13(17(24)25)15(19)9-11/h2,4-5,7-9,14H,3,6H2,1H3,(H,24,25). The predicted molar refractivity (Wildman–Crippen MR) is 89.4 cm³/mol. The fourth-order valence-corrected chi connectivity index (χ4v) is 3.20. The maximum atomic E-state index is 13.4. The summed E-state index contributed by atoms with van der Waals surface area (Å²) in [5.41, 5.74) is 0.822. The van der Waals surface area contributed by atoms with E-state index >= 15 is 0 Å². The van der Waals surface area contributed by atoms with Gasteiger partial charge in [-0.25, -0.2) is 9.18 Å². The summed E-state index contributed by atoms with van der Waals surface area (Å²) in [6.07, 6.45) is -4.56. The second-order valence-corrected chi connectivity index (χ2v) is 6.62. The van der Waals surface area contributed by atoms with E-state index in [1.54, 1.807) is 0 Å². The Morgan fingerprint density at radius 1 is 1.20 bits per heavy atom. The van der Waals surface area contributed by atoms with Gasteiger partial charge in [0.2, 0.25) is 0 Å². The Labute approximate surface area is 150 Å². The molecule has 0 heterocycles. The van der Waals surface area contributed by atoms with Crippen molar-refractivity contribution in [1.29, 1.82) is 0 Å². The maximum absolute atomic E-state index is 13.4. The molecule has 0 aromatic heterocycles. The summed E-state index contributed by atoms with van der Waals surface area (Å²) in [5.74, 6) is -3.38. The summed E-state index contributed by atoms with van der Waals surface area (Å²) in [6, 6.07) is 7.78. The van der Waals surface area contributed by atoms with Gasteiger partial charge in [0, 0.05) is 4.47 Å². The SMILES string of the molecule is Cc1cc(C(CCc2ccc(C(=O)O)c(Br)c2)C(F)(F)F)ccc1F. The van der Waals surface area contributed by atoms with Gasteiger partial charge in [0.1, 0.15) is 5.82 Å². The Morgan fingerprint density at radius 3 is 2.40 bits per heavy atom. The van der Waals surface area contributed by atoms with E-state index in [1.165, 1.54) is 31.2 Å². The van der Waals surface area contributed by atoms with Crippen molar-refractivity contribution in [2.45, 2.75) is 31.9 Å². The molecule has 0 aliphatic rings. The highest BCUT2D eigenvalue weighted by Crippen LogP contribution is 2.39. The van der Waals surface area contributed by atoms with E-state index < -0.39 is 23.9 Å². The highest BCUT2D eigenvalue weighted by molar-refractivity contribution is 9.10. The number of alkyl halides is 3. The van der Waals surface area contributed by atoms with E-state index in [1.807, 2.05) is 0 Å². The lowest BCUT2D eigenvalue weighted by Gasteiger charge is -2.21. The fraction of sp³-hybridized carbons (Fsp3) is 0.278. The Kier molecular flexibility index (Phi) is 5.87. The van der Waals surface area contributed by atoms with Gasteiger partial charge in [0.15, 0.2) is 0 Å². The minimum Gasteiger partial charge on any atom is -0.478 e. The first-order valence-electron chi connectivity index (χ1n) is 7.44. The minimum absolute atomic E-state index is 0.0209. The average molecular weight is 419 g/mol. The Bertz CT molecular complexity index is 787. The quantitative estimate of drug-likeness (QED) is 0.616. The number of halogens is 5. The molecule has 1 N–H and O–H groups in total. The Balaban J connectivity index is 2.22. The Morgan fingerprint density at radius 2 is 1.88 bits per heavy atom. The smallest absolute Gasteiger partial charge is 0.395 e. The number of hydrogen-bond acceptors (Lipinski definition) is 1. The van der Waals surface area contributed by atoms with Crippen molar-refractivity contribution in [2.75, 3.05) is 0 Å². The van der Waals surface area contributed by atoms with E-state index in [0.717, 1.165) is 12.1 Å². The Hall–Kier alpha value is -1.89. The van der Waals surface area contributed by atoms with Crippen LogP contribution in [0.1, 0.15) is 39.4 Å².